The number of nitrogens with one attached hydrogen (secondary N) is 2. The molecule has 0 radical (unpaired) electrons. The van der Waals surface area contributed by atoms with Gasteiger partial charge in [0.05, 0.1) is 6.61 Å². The fourth-order valence-corrected chi connectivity index (χ4v) is 3.12. The second-order valence-electron chi connectivity index (χ2n) is 10.1. The summed E-state index contributed by atoms with van der Waals surface area (Å²) in [5, 5.41) is 5.56. The quantitative estimate of drug-likeness (QED) is 0.614. The van der Waals surface area contributed by atoms with E-state index in [4.69, 9.17) is 9.47 Å². The summed E-state index contributed by atoms with van der Waals surface area (Å²) in [6.45, 7) is 11.7. The van der Waals surface area contributed by atoms with E-state index < -0.39 is 23.2 Å². The lowest BCUT2D eigenvalue weighted by atomic mass is 9.86. The largest absolute Gasteiger partial charge is 0.493 e. The number of ether oxygens (including phenoxy) is 2. The van der Waals surface area contributed by atoms with Crippen LogP contribution in [0.5, 0.6) is 5.75 Å². The molecule has 2 atom stereocenters. The maximum Gasteiger partial charge on any atom is 0.408 e. The summed E-state index contributed by atoms with van der Waals surface area (Å²) in [5.41, 5.74) is -0.256. The van der Waals surface area contributed by atoms with Crippen molar-refractivity contribution >= 4 is 12.0 Å². The van der Waals surface area contributed by atoms with Gasteiger partial charge in [-0.2, -0.15) is 0 Å². The van der Waals surface area contributed by atoms with E-state index in [0.717, 1.165) is 12.0 Å². The Hall–Kier alpha value is -2.83. The van der Waals surface area contributed by atoms with Crippen molar-refractivity contribution in [3.8, 4) is 5.75 Å². The van der Waals surface area contributed by atoms with E-state index in [-0.39, 0.29) is 17.7 Å². The maximum atomic E-state index is 13.3. The van der Waals surface area contributed by atoms with Crippen LogP contribution in [0.25, 0.3) is 0 Å². The highest BCUT2D eigenvalue weighted by atomic mass is 19.1. The van der Waals surface area contributed by atoms with Gasteiger partial charge in [-0.15, -0.1) is 0 Å². The van der Waals surface area contributed by atoms with Gasteiger partial charge in [0, 0.05) is 12.5 Å². The Morgan fingerprint density at radius 3 is 2.34 bits per heavy atom. The van der Waals surface area contributed by atoms with Crippen LogP contribution in [0.2, 0.25) is 0 Å². The number of hydrogen-bond donors (Lipinski definition) is 2. The smallest absolute Gasteiger partial charge is 0.408 e. The number of allylic oxidation sites excluding steroid dienone is 3. The third-order valence-corrected chi connectivity index (χ3v) is 4.75. The Labute approximate surface area is 190 Å². The maximum absolute atomic E-state index is 13.3. The topological polar surface area (TPSA) is 76.7 Å². The SMILES string of the molecule is CC(C)(C)OC(=O)N[C@@H](C(=O)NCc1ccc(OCC2C=C(F)C=CC2)cc1)C(C)(C)C. The van der Waals surface area contributed by atoms with Gasteiger partial charge in [-0.25, -0.2) is 9.18 Å². The molecule has 0 aromatic heterocycles. The van der Waals surface area contributed by atoms with Crippen molar-refractivity contribution in [2.24, 2.45) is 11.3 Å². The number of rotatable bonds is 7. The zero-order valence-electron chi connectivity index (χ0n) is 19.8. The molecule has 176 valence electrons. The zero-order chi connectivity index (χ0) is 23.9. The van der Waals surface area contributed by atoms with Crippen LogP contribution in [-0.4, -0.2) is 30.3 Å². The number of carbonyl (C=O) groups excluding carboxylic acids is 2. The molecule has 1 unspecified atom stereocenters. The predicted octanol–water partition coefficient (Wildman–Crippen LogP) is 5.05. The molecular formula is C25H35FN2O4. The third kappa shape index (κ3) is 8.73. The van der Waals surface area contributed by atoms with Crippen LogP contribution < -0.4 is 15.4 Å². The predicted molar refractivity (Wildman–Crippen MR) is 123 cm³/mol. The van der Waals surface area contributed by atoms with Crippen LogP contribution >= 0.6 is 0 Å². The number of halogens is 1. The summed E-state index contributed by atoms with van der Waals surface area (Å²) in [6.07, 6.45) is 4.96. The molecule has 32 heavy (non-hydrogen) atoms. The highest BCUT2D eigenvalue weighted by Gasteiger charge is 2.34. The summed E-state index contributed by atoms with van der Waals surface area (Å²) in [4.78, 5) is 25.0. The van der Waals surface area contributed by atoms with Crippen molar-refractivity contribution in [3.05, 3.63) is 53.9 Å². The minimum absolute atomic E-state index is 0.0192. The second-order valence-corrected chi connectivity index (χ2v) is 10.1. The minimum atomic E-state index is -0.752. The third-order valence-electron chi connectivity index (χ3n) is 4.75. The van der Waals surface area contributed by atoms with Crippen LogP contribution in [0.15, 0.2) is 48.3 Å². The first-order valence-electron chi connectivity index (χ1n) is 10.9. The van der Waals surface area contributed by atoms with Crippen molar-refractivity contribution in [3.63, 3.8) is 0 Å². The molecule has 0 spiro atoms. The minimum Gasteiger partial charge on any atom is -0.493 e. The van der Waals surface area contributed by atoms with Crippen molar-refractivity contribution in [1.29, 1.82) is 0 Å². The number of carbonyl (C=O) groups is 2. The zero-order valence-corrected chi connectivity index (χ0v) is 19.8. The summed E-state index contributed by atoms with van der Waals surface area (Å²) >= 11 is 0. The van der Waals surface area contributed by atoms with Crippen LogP contribution in [-0.2, 0) is 16.1 Å². The fourth-order valence-electron chi connectivity index (χ4n) is 3.12. The molecule has 0 fully saturated rings. The van der Waals surface area contributed by atoms with E-state index in [9.17, 15) is 14.0 Å². The van der Waals surface area contributed by atoms with E-state index >= 15 is 0 Å². The monoisotopic (exact) mass is 446 g/mol. The molecule has 0 aliphatic heterocycles. The second kappa shape index (κ2) is 10.7. The van der Waals surface area contributed by atoms with Crippen molar-refractivity contribution in [1.82, 2.24) is 10.6 Å². The van der Waals surface area contributed by atoms with E-state index in [1.54, 1.807) is 32.9 Å². The molecule has 0 bridgehead atoms. The highest BCUT2D eigenvalue weighted by Crippen LogP contribution is 2.22. The fraction of sp³-hybridized carbons (Fsp3) is 0.520. The van der Waals surface area contributed by atoms with Crippen molar-refractivity contribution in [2.75, 3.05) is 6.61 Å². The number of amides is 2. The van der Waals surface area contributed by atoms with Gasteiger partial charge in [0.15, 0.2) is 0 Å². The molecule has 2 amide bonds. The lowest BCUT2D eigenvalue weighted by molar-refractivity contribution is -0.125. The molecule has 2 N–H and O–H groups in total. The van der Waals surface area contributed by atoms with Crippen LogP contribution in [0.4, 0.5) is 9.18 Å². The Morgan fingerprint density at radius 1 is 1.12 bits per heavy atom. The van der Waals surface area contributed by atoms with Gasteiger partial charge in [-0.1, -0.05) is 39.0 Å². The molecule has 7 heteroatoms. The van der Waals surface area contributed by atoms with Crippen LogP contribution in [0.3, 0.4) is 0 Å². The van der Waals surface area contributed by atoms with Crippen LogP contribution in [0.1, 0.15) is 53.5 Å². The van der Waals surface area contributed by atoms with Crippen LogP contribution in [0, 0.1) is 11.3 Å². The van der Waals surface area contributed by atoms with Gasteiger partial charge in [-0.05, 0) is 62.5 Å². The first-order valence-corrected chi connectivity index (χ1v) is 10.9. The number of alkyl carbamates (subject to hydrolysis) is 1. The number of hydrogen-bond acceptors (Lipinski definition) is 4. The van der Waals surface area contributed by atoms with E-state index in [0.29, 0.717) is 18.9 Å². The summed E-state index contributed by atoms with van der Waals surface area (Å²) in [7, 11) is 0. The van der Waals surface area contributed by atoms with E-state index in [2.05, 4.69) is 10.6 Å². The van der Waals surface area contributed by atoms with Gasteiger partial charge in [0.1, 0.15) is 23.2 Å². The average molecular weight is 447 g/mol. The lowest BCUT2D eigenvalue weighted by Crippen LogP contribution is -2.54. The molecule has 0 saturated carbocycles. The molecule has 0 heterocycles. The summed E-state index contributed by atoms with van der Waals surface area (Å²) in [5.74, 6) is 0.182. The number of benzene rings is 1. The van der Waals surface area contributed by atoms with Gasteiger partial charge in [-0.3, -0.25) is 4.79 Å². The summed E-state index contributed by atoms with van der Waals surface area (Å²) in [6, 6.07) is 6.61. The molecular weight excluding hydrogens is 411 g/mol. The standard InChI is InChI=1S/C25H35FN2O4/c1-24(2,3)21(28-23(30)32-25(4,5)6)22(29)27-15-17-10-12-20(13-11-17)31-16-18-8-7-9-19(26)14-18/h7,9-14,18,21H,8,15-16H2,1-6H3,(H,27,29)(H,28,30)/t18?,21-/m0/s1. The molecule has 1 aliphatic carbocycles. The van der Waals surface area contributed by atoms with Gasteiger partial charge in [0.25, 0.3) is 0 Å². The van der Waals surface area contributed by atoms with Crippen molar-refractivity contribution in [2.45, 2.75) is 66.2 Å². The highest BCUT2D eigenvalue weighted by molar-refractivity contribution is 5.86. The van der Waals surface area contributed by atoms with E-state index in [1.165, 1.54) is 6.08 Å². The first-order chi connectivity index (χ1) is 14.8. The molecule has 1 aliphatic rings. The Morgan fingerprint density at radius 2 is 1.78 bits per heavy atom. The molecule has 0 saturated heterocycles. The Kier molecular flexibility index (Phi) is 8.47. The van der Waals surface area contributed by atoms with E-state index in [1.807, 2.05) is 45.0 Å². The van der Waals surface area contributed by atoms with Gasteiger partial charge < -0.3 is 20.1 Å². The van der Waals surface area contributed by atoms with Crippen molar-refractivity contribution < 1.29 is 23.5 Å². The lowest BCUT2D eigenvalue weighted by Gasteiger charge is -2.31. The molecule has 1 aromatic rings. The normalized spacial score (nSPS) is 17.2. The average Bonchev–Trinajstić information content (AvgIpc) is 2.67. The Bertz CT molecular complexity index is 848. The van der Waals surface area contributed by atoms with Gasteiger partial charge >= 0.3 is 6.09 Å². The molecule has 6 nitrogen and oxygen atoms in total. The molecule has 2 rings (SSSR count). The first kappa shape index (κ1) is 25.4. The summed E-state index contributed by atoms with van der Waals surface area (Å²) < 4.78 is 24.3. The molecule has 1 aromatic carbocycles. The van der Waals surface area contributed by atoms with Gasteiger partial charge in [0.2, 0.25) is 5.91 Å². The Balaban J connectivity index is 1.88.